The van der Waals surface area contributed by atoms with E-state index in [4.69, 9.17) is 0 Å². The minimum atomic E-state index is -3.38. The minimum Gasteiger partial charge on any atom is -0.350 e. The molecule has 19 heavy (non-hydrogen) atoms. The lowest BCUT2D eigenvalue weighted by molar-refractivity contribution is 0.0993. The van der Waals surface area contributed by atoms with Gasteiger partial charge in [-0.05, 0) is 25.5 Å². The van der Waals surface area contributed by atoms with Gasteiger partial charge in [-0.3, -0.25) is 4.79 Å². The monoisotopic (exact) mass is 279 g/mol. The Labute approximate surface area is 113 Å². The van der Waals surface area contributed by atoms with Gasteiger partial charge in [0.05, 0.1) is 0 Å². The third-order valence-electron chi connectivity index (χ3n) is 3.42. The number of aromatic nitrogens is 1. The van der Waals surface area contributed by atoms with Crippen LogP contribution in [0.2, 0.25) is 0 Å². The number of fused-ring (bicyclic) bond motifs is 1. The van der Waals surface area contributed by atoms with Gasteiger partial charge in [0.25, 0.3) is 0 Å². The summed E-state index contributed by atoms with van der Waals surface area (Å²) in [5, 5.41) is -0.215. The predicted molar refractivity (Wildman–Crippen MR) is 76.3 cm³/mol. The highest BCUT2D eigenvalue weighted by Crippen LogP contribution is 2.24. The molecular formula is C14H17NO3S. The average molecular weight is 279 g/mol. The predicted octanol–water partition coefficient (Wildman–Crippen LogP) is 2.10. The maximum atomic E-state index is 12.3. The van der Waals surface area contributed by atoms with Gasteiger partial charge in [-0.25, -0.2) is 8.42 Å². The van der Waals surface area contributed by atoms with Crippen LogP contribution in [-0.4, -0.2) is 30.3 Å². The quantitative estimate of drug-likeness (QED) is 0.808. The normalized spacial score (nSPS) is 13.7. The summed E-state index contributed by atoms with van der Waals surface area (Å²) in [6.07, 6.45) is 2.79. The first kappa shape index (κ1) is 13.8. The van der Waals surface area contributed by atoms with E-state index in [0.29, 0.717) is 5.56 Å². The summed E-state index contributed by atoms with van der Waals surface area (Å²) in [5.74, 6) is -0.350. The molecule has 0 amide bonds. The van der Waals surface area contributed by atoms with Crippen LogP contribution < -0.4 is 0 Å². The third-order valence-corrected chi connectivity index (χ3v) is 4.92. The molecule has 1 unspecified atom stereocenters. The lowest BCUT2D eigenvalue weighted by Crippen LogP contribution is -2.26. The molecule has 102 valence electrons. The van der Waals surface area contributed by atoms with E-state index in [1.807, 2.05) is 36.7 Å². The van der Waals surface area contributed by atoms with Gasteiger partial charge in [0.15, 0.2) is 15.6 Å². The Morgan fingerprint density at radius 1 is 1.32 bits per heavy atom. The SMILES string of the molecule is Cc1ccc2c(C(=O)C(C)S(C)(=O)=O)cn(C)c2c1. The molecule has 1 aromatic carbocycles. The molecule has 0 saturated carbocycles. The van der Waals surface area contributed by atoms with Crippen molar-refractivity contribution in [3.05, 3.63) is 35.5 Å². The van der Waals surface area contributed by atoms with Crippen molar-refractivity contribution in [3.8, 4) is 0 Å². The highest BCUT2D eigenvalue weighted by Gasteiger charge is 2.27. The molecule has 1 atom stereocenters. The Morgan fingerprint density at radius 3 is 2.53 bits per heavy atom. The number of carbonyl (C=O) groups is 1. The molecular weight excluding hydrogens is 262 g/mol. The number of hydrogen-bond donors (Lipinski definition) is 0. The van der Waals surface area contributed by atoms with Gasteiger partial charge in [0.2, 0.25) is 0 Å². The number of Topliss-reactive ketones (excluding diaryl/α,β-unsaturated/α-hetero) is 1. The molecule has 0 aliphatic rings. The molecule has 2 aromatic rings. The van der Waals surface area contributed by atoms with Gasteiger partial charge in [0, 0.05) is 36.0 Å². The average Bonchev–Trinajstić information content (AvgIpc) is 2.63. The molecule has 1 heterocycles. The summed E-state index contributed by atoms with van der Waals surface area (Å²) in [6.45, 7) is 3.41. The van der Waals surface area contributed by atoms with E-state index in [1.54, 1.807) is 6.20 Å². The molecule has 4 nitrogen and oxygen atoms in total. The van der Waals surface area contributed by atoms with Crippen LogP contribution >= 0.6 is 0 Å². The number of rotatable bonds is 3. The van der Waals surface area contributed by atoms with Crippen LogP contribution in [0.5, 0.6) is 0 Å². The van der Waals surface area contributed by atoms with E-state index in [-0.39, 0.29) is 5.78 Å². The van der Waals surface area contributed by atoms with Gasteiger partial charge < -0.3 is 4.57 Å². The van der Waals surface area contributed by atoms with Crippen molar-refractivity contribution >= 4 is 26.5 Å². The van der Waals surface area contributed by atoms with E-state index >= 15 is 0 Å². The summed E-state index contributed by atoms with van der Waals surface area (Å²) in [4.78, 5) is 12.3. The van der Waals surface area contributed by atoms with Crippen LogP contribution in [0.25, 0.3) is 10.9 Å². The number of benzene rings is 1. The van der Waals surface area contributed by atoms with Crippen molar-refractivity contribution in [1.29, 1.82) is 0 Å². The van der Waals surface area contributed by atoms with E-state index in [1.165, 1.54) is 6.92 Å². The molecule has 0 saturated heterocycles. The van der Waals surface area contributed by atoms with E-state index in [0.717, 1.165) is 22.7 Å². The Kier molecular flexibility index (Phi) is 3.26. The highest BCUT2D eigenvalue weighted by atomic mass is 32.2. The first-order chi connectivity index (χ1) is 8.71. The molecule has 0 aliphatic carbocycles. The summed E-state index contributed by atoms with van der Waals surface area (Å²) < 4.78 is 24.9. The van der Waals surface area contributed by atoms with Gasteiger partial charge in [-0.15, -0.1) is 0 Å². The van der Waals surface area contributed by atoms with Gasteiger partial charge >= 0.3 is 0 Å². The number of sulfone groups is 1. The lowest BCUT2D eigenvalue weighted by atomic mass is 10.1. The summed E-state index contributed by atoms with van der Waals surface area (Å²) >= 11 is 0. The molecule has 5 heteroatoms. The van der Waals surface area contributed by atoms with Crippen molar-refractivity contribution in [2.45, 2.75) is 19.1 Å². The van der Waals surface area contributed by atoms with E-state index < -0.39 is 15.1 Å². The number of aryl methyl sites for hydroxylation is 2. The van der Waals surface area contributed by atoms with Crippen LogP contribution in [-0.2, 0) is 16.9 Å². The number of carbonyl (C=O) groups excluding carboxylic acids is 1. The van der Waals surface area contributed by atoms with Gasteiger partial charge in [-0.2, -0.15) is 0 Å². The molecule has 2 rings (SSSR count). The second-order valence-corrected chi connectivity index (χ2v) is 7.38. The summed E-state index contributed by atoms with van der Waals surface area (Å²) in [5.41, 5.74) is 2.50. The Balaban J connectivity index is 2.61. The first-order valence-electron chi connectivity index (χ1n) is 6.00. The van der Waals surface area contributed by atoms with Crippen molar-refractivity contribution in [2.24, 2.45) is 7.05 Å². The van der Waals surface area contributed by atoms with Crippen molar-refractivity contribution in [2.75, 3.05) is 6.26 Å². The Bertz CT molecular complexity index is 756. The van der Waals surface area contributed by atoms with Crippen LogP contribution in [0.15, 0.2) is 24.4 Å². The second-order valence-electron chi connectivity index (χ2n) is 5.01. The summed E-state index contributed by atoms with van der Waals surface area (Å²) in [7, 11) is -1.53. The van der Waals surface area contributed by atoms with E-state index in [2.05, 4.69) is 0 Å². The first-order valence-corrected chi connectivity index (χ1v) is 7.96. The molecule has 0 N–H and O–H groups in total. The zero-order valence-electron chi connectivity index (χ0n) is 11.5. The number of nitrogens with zero attached hydrogens (tertiary/aromatic N) is 1. The van der Waals surface area contributed by atoms with E-state index in [9.17, 15) is 13.2 Å². The van der Waals surface area contributed by atoms with Crippen LogP contribution in [0, 0.1) is 6.92 Å². The Morgan fingerprint density at radius 2 is 1.95 bits per heavy atom. The number of hydrogen-bond acceptors (Lipinski definition) is 3. The lowest BCUT2D eigenvalue weighted by Gasteiger charge is -2.07. The van der Waals surface area contributed by atoms with Crippen LogP contribution in [0.1, 0.15) is 22.8 Å². The van der Waals surface area contributed by atoms with Crippen molar-refractivity contribution in [1.82, 2.24) is 4.57 Å². The molecule has 0 aliphatic heterocycles. The van der Waals surface area contributed by atoms with Crippen molar-refractivity contribution in [3.63, 3.8) is 0 Å². The molecule has 0 radical (unpaired) electrons. The van der Waals surface area contributed by atoms with Crippen LogP contribution in [0.4, 0.5) is 0 Å². The van der Waals surface area contributed by atoms with Crippen molar-refractivity contribution < 1.29 is 13.2 Å². The topological polar surface area (TPSA) is 56.1 Å². The largest absolute Gasteiger partial charge is 0.350 e. The maximum Gasteiger partial charge on any atom is 0.182 e. The molecule has 0 spiro atoms. The fourth-order valence-corrected chi connectivity index (χ4v) is 2.62. The fraction of sp³-hybridized carbons (Fsp3) is 0.357. The second kappa shape index (κ2) is 4.49. The maximum absolute atomic E-state index is 12.3. The third kappa shape index (κ3) is 2.42. The minimum absolute atomic E-state index is 0.350. The van der Waals surface area contributed by atoms with Gasteiger partial charge in [-0.1, -0.05) is 12.1 Å². The van der Waals surface area contributed by atoms with Gasteiger partial charge in [0.1, 0.15) is 5.25 Å². The molecule has 0 fully saturated rings. The standard InChI is InChI=1S/C14H17NO3S/c1-9-5-6-11-12(8-15(3)13(11)7-9)14(16)10(2)19(4,17)18/h5-8,10H,1-4H3. The molecule has 1 aromatic heterocycles. The zero-order valence-corrected chi connectivity index (χ0v) is 12.3. The highest BCUT2D eigenvalue weighted by molar-refractivity contribution is 7.92. The molecule has 0 bridgehead atoms. The fourth-order valence-electron chi connectivity index (χ4n) is 2.10. The summed E-state index contributed by atoms with van der Waals surface area (Å²) in [6, 6.07) is 5.77. The zero-order chi connectivity index (χ0) is 14.4. The Hall–Kier alpha value is -1.62. The smallest absolute Gasteiger partial charge is 0.182 e. The number of ketones is 1. The van der Waals surface area contributed by atoms with Crippen LogP contribution in [0.3, 0.4) is 0 Å².